The first-order valence-corrected chi connectivity index (χ1v) is 17.2. The van der Waals surface area contributed by atoms with Gasteiger partial charge >= 0.3 is 5.97 Å². The van der Waals surface area contributed by atoms with Crippen LogP contribution in [0.1, 0.15) is 119 Å². The van der Waals surface area contributed by atoms with Crippen molar-refractivity contribution in [2.45, 2.75) is 126 Å². The van der Waals surface area contributed by atoms with Gasteiger partial charge in [0.15, 0.2) is 5.78 Å². The average molecular weight is 602 g/mol. The largest absolute Gasteiger partial charge is 0.462 e. The lowest BCUT2D eigenvalue weighted by Crippen LogP contribution is -2.66. The lowest BCUT2D eigenvalue weighted by Gasteiger charge is -2.70. The molecule has 0 radical (unpaired) electrons. The predicted molar refractivity (Wildman–Crippen MR) is 175 cm³/mol. The molecule has 4 saturated carbocycles. The van der Waals surface area contributed by atoms with E-state index in [4.69, 9.17) is 4.74 Å². The quantitative estimate of drug-likeness (QED) is 0.351. The first-order valence-electron chi connectivity index (χ1n) is 17.2. The fourth-order valence-corrected chi connectivity index (χ4v) is 11.8. The minimum atomic E-state index is -0.491. The van der Waals surface area contributed by atoms with Crippen LogP contribution >= 0.6 is 0 Å². The lowest BCUT2D eigenvalue weighted by molar-refractivity contribution is -0.210. The summed E-state index contributed by atoms with van der Waals surface area (Å²) in [4.78, 5) is 40.6. The number of hydrogen-bond acceptors (Lipinski definition) is 4. The smallest absolute Gasteiger partial charge is 0.302 e. The van der Waals surface area contributed by atoms with Gasteiger partial charge in [0.05, 0.1) is 0 Å². The summed E-state index contributed by atoms with van der Waals surface area (Å²) in [5, 5.41) is 3.27. The molecule has 6 rings (SSSR count). The maximum atomic E-state index is 14.7. The van der Waals surface area contributed by atoms with E-state index in [1.165, 1.54) is 12.5 Å². The number of amides is 1. The molecule has 1 amide bonds. The molecule has 0 bridgehead atoms. The SMILES string of the molecule is CC(=O)O[C@@H]1CC[C@]2(C)[C@H](CC[C@]3(C)[C@@H]2C(=O)C=C2[C@@H]4C[C@](C)(C(=O)Nc5ccccc5C)CC[C@]4(C)CC[C@]23C)C1(C)C. The second-order valence-corrected chi connectivity index (χ2v) is 17.5. The summed E-state index contributed by atoms with van der Waals surface area (Å²) >= 11 is 0. The van der Waals surface area contributed by atoms with E-state index in [2.05, 4.69) is 59.9 Å². The van der Waals surface area contributed by atoms with Gasteiger partial charge in [-0.2, -0.15) is 0 Å². The number of ketones is 1. The molecule has 44 heavy (non-hydrogen) atoms. The summed E-state index contributed by atoms with van der Waals surface area (Å²) in [6.45, 7) is 19.9. The number of rotatable bonds is 3. The highest BCUT2D eigenvalue weighted by Crippen LogP contribution is 2.75. The predicted octanol–water partition coefficient (Wildman–Crippen LogP) is 8.85. The highest BCUT2D eigenvalue weighted by Gasteiger charge is 2.70. The number of carbonyl (C=O) groups is 3. The summed E-state index contributed by atoms with van der Waals surface area (Å²) in [5.74, 6) is 0.668. The Bertz CT molecular complexity index is 1430. The summed E-state index contributed by atoms with van der Waals surface area (Å²) in [6, 6.07) is 8.01. The van der Waals surface area contributed by atoms with E-state index in [9.17, 15) is 14.4 Å². The molecule has 1 aromatic carbocycles. The van der Waals surface area contributed by atoms with Crippen molar-refractivity contribution in [3.8, 4) is 0 Å². The van der Waals surface area contributed by atoms with Gasteiger partial charge in [0, 0.05) is 29.4 Å². The fraction of sp³-hybridized carbons (Fsp3) is 0.718. The summed E-state index contributed by atoms with van der Waals surface area (Å²) in [7, 11) is 0. The zero-order valence-electron chi connectivity index (χ0n) is 28.7. The van der Waals surface area contributed by atoms with Gasteiger partial charge in [-0.3, -0.25) is 14.4 Å². The number of hydrogen-bond donors (Lipinski definition) is 1. The molecule has 9 atom stereocenters. The second kappa shape index (κ2) is 10.0. The van der Waals surface area contributed by atoms with Crippen LogP contribution < -0.4 is 5.32 Å². The Morgan fingerprint density at radius 2 is 1.57 bits per heavy atom. The van der Waals surface area contributed by atoms with Gasteiger partial charge in [0.2, 0.25) is 5.91 Å². The maximum Gasteiger partial charge on any atom is 0.302 e. The van der Waals surface area contributed by atoms with Crippen LogP contribution in [0.25, 0.3) is 0 Å². The average Bonchev–Trinajstić information content (AvgIpc) is 2.93. The third-order valence-electron chi connectivity index (χ3n) is 14.8. The van der Waals surface area contributed by atoms with E-state index in [-0.39, 0.29) is 56.9 Å². The topological polar surface area (TPSA) is 72.5 Å². The monoisotopic (exact) mass is 601 g/mol. The Balaban J connectivity index is 1.35. The fourth-order valence-electron chi connectivity index (χ4n) is 11.8. The van der Waals surface area contributed by atoms with Crippen molar-refractivity contribution in [2.75, 3.05) is 5.32 Å². The van der Waals surface area contributed by atoms with Crippen LogP contribution in [0.15, 0.2) is 35.9 Å². The van der Waals surface area contributed by atoms with Crippen LogP contribution in [0, 0.1) is 57.2 Å². The van der Waals surface area contributed by atoms with Crippen molar-refractivity contribution < 1.29 is 19.1 Å². The van der Waals surface area contributed by atoms with E-state index >= 15 is 0 Å². The van der Waals surface area contributed by atoms with Crippen LogP contribution in [0.4, 0.5) is 5.69 Å². The number of anilines is 1. The highest BCUT2D eigenvalue weighted by atomic mass is 16.5. The van der Waals surface area contributed by atoms with E-state index in [1.807, 2.05) is 31.2 Å². The van der Waals surface area contributed by atoms with Gasteiger partial charge in [-0.15, -0.1) is 0 Å². The molecule has 0 aromatic heterocycles. The molecular formula is C39H55NO4. The molecule has 5 nitrogen and oxygen atoms in total. The molecule has 0 spiro atoms. The number of allylic oxidation sites excluding steroid dienone is 2. The van der Waals surface area contributed by atoms with Crippen LogP contribution in [0.2, 0.25) is 0 Å². The van der Waals surface area contributed by atoms with Crippen molar-refractivity contribution in [3.05, 3.63) is 41.5 Å². The number of nitrogens with one attached hydrogen (secondary N) is 1. The van der Waals surface area contributed by atoms with Crippen LogP contribution in [-0.4, -0.2) is 23.8 Å². The Kier molecular flexibility index (Phi) is 7.19. The lowest BCUT2D eigenvalue weighted by atomic mass is 9.33. The first kappa shape index (κ1) is 31.5. The maximum absolute atomic E-state index is 14.7. The number of ether oxygens (including phenoxy) is 1. The molecular weight excluding hydrogens is 546 g/mol. The summed E-state index contributed by atoms with van der Waals surface area (Å²) in [6.07, 6.45) is 10.6. The summed E-state index contributed by atoms with van der Waals surface area (Å²) < 4.78 is 5.88. The standard InChI is InChI=1S/C39H55NO4/c1-24-12-10-11-13-28(24)40-33(43)36(6)19-18-35(5)20-21-38(8)26(27(35)23-36)22-29(42)32-37(7)16-15-31(44-25(2)41)34(3,4)30(37)14-17-39(32,38)9/h10-13,22,27,30-32H,14-21,23H2,1-9H3,(H,40,43)/t27-,30+,31+,32+,35+,36+,37+,38+,39+/m0/s1. The van der Waals surface area contributed by atoms with Crippen molar-refractivity contribution in [1.82, 2.24) is 0 Å². The van der Waals surface area contributed by atoms with Gasteiger partial charge in [0.1, 0.15) is 6.10 Å². The third-order valence-corrected chi connectivity index (χ3v) is 14.8. The molecule has 240 valence electrons. The Labute approximate surface area is 265 Å². The minimum Gasteiger partial charge on any atom is -0.462 e. The molecule has 0 aliphatic heterocycles. The van der Waals surface area contributed by atoms with E-state index < -0.39 is 5.41 Å². The minimum absolute atomic E-state index is 0.0521. The van der Waals surface area contributed by atoms with Crippen LogP contribution in [-0.2, 0) is 19.1 Å². The number of fused-ring (bicyclic) bond motifs is 7. The Hall–Kier alpha value is -2.43. The van der Waals surface area contributed by atoms with Gasteiger partial charge in [0.25, 0.3) is 0 Å². The number of esters is 1. The molecule has 1 N–H and O–H groups in total. The molecule has 5 heteroatoms. The molecule has 5 aliphatic carbocycles. The molecule has 0 saturated heterocycles. The van der Waals surface area contributed by atoms with E-state index in [0.29, 0.717) is 11.7 Å². The first-order chi connectivity index (χ1) is 20.4. The number of para-hydroxylation sites is 1. The van der Waals surface area contributed by atoms with Crippen molar-refractivity contribution in [3.63, 3.8) is 0 Å². The van der Waals surface area contributed by atoms with Gasteiger partial charge in [-0.05, 0) is 116 Å². The van der Waals surface area contributed by atoms with Crippen molar-refractivity contribution in [1.29, 1.82) is 0 Å². The molecule has 0 heterocycles. The summed E-state index contributed by atoms with van der Waals surface area (Å²) in [5.41, 5.74) is 2.32. The normalized spacial score (nSPS) is 44.2. The van der Waals surface area contributed by atoms with E-state index in [1.54, 1.807) is 0 Å². The molecule has 1 aromatic rings. The molecule has 0 unspecified atom stereocenters. The zero-order chi connectivity index (χ0) is 32.1. The highest BCUT2D eigenvalue weighted by molar-refractivity contribution is 5.97. The number of benzene rings is 1. The van der Waals surface area contributed by atoms with Gasteiger partial charge < -0.3 is 10.1 Å². The van der Waals surface area contributed by atoms with Crippen molar-refractivity contribution in [2.24, 2.45) is 50.2 Å². The van der Waals surface area contributed by atoms with Crippen LogP contribution in [0.3, 0.4) is 0 Å². The van der Waals surface area contributed by atoms with Gasteiger partial charge in [-0.25, -0.2) is 0 Å². The van der Waals surface area contributed by atoms with Crippen molar-refractivity contribution >= 4 is 23.3 Å². The van der Waals surface area contributed by atoms with Crippen LogP contribution in [0.5, 0.6) is 0 Å². The van der Waals surface area contributed by atoms with Gasteiger partial charge in [-0.1, -0.05) is 72.2 Å². The number of carbonyl (C=O) groups excluding carboxylic acids is 3. The zero-order valence-corrected chi connectivity index (χ0v) is 28.7. The Morgan fingerprint density at radius 3 is 2.25 bits per heavy atom. The molecule has 4 fully saturated rings. The number of aryl methyl sites for hydroxylation is 1. The third kappa shape index (κ3) is 4.33. The molecule has 5 aliphatic rings. The second-order valence-electron chi connectivity index (χ2n) is 17.5. The van der Waals surface area contributed by atoms with E-state index in [0.717, 1.165) is 69.0 Å². The Morgan fingerprint density at radius 1 is 0.886 bits per heavy atom.